The summed E-state index contributed by atoms with van der Waals surface area (Å²) >= 11 is 0. The Morgan fingerprint density at radius 3 is 2.88 bits per heavy atom. The minimum Gasteiger partial charge on any atom is -0.333 e. The van der Waals surface area contributed by atoms with Crippen molar-refractivity contribution in [1.29, 1.82) is 0 Å². The first-order chi connectivity index (χ1) is 7.93. The number of rotatable bonds is 2. The summed E-state index contributed by atoms with van der Waals surface area (Å²) in [5.41, 5.74) is 3.04. The summed E-state index contributed by atoms with van der Waals surface area (Å²) in [7, 11) is 0. The van der Waals surface area contributed by atoms with Gasteiger partial charge in [-0.3, -0.25) is 9.97 Å². The number of hydrogen-bond acceptors (Lipinski definition) is 3. The SMILES string of the molecule is c1cc(Cn2ccnc2)c2nccnc2c1. The molecule has 0 fully saturated rings. The molecule has 0 aliphatic carbocycles. The summed E-state index contributed by atoms with van der Waals surface area (Å²) < 4.78 is 2.02. The fourth-order valence-corrected chi connectivity index (χ4v) is 1.76. The zero-order valence-electron chi connectivity index (χ0n) is 8.61. The van der Waals surface area contributed by atoms with Crippen LogP contribution in [0.1, 0.15) is 5.56 Å². The lowest BCUT2D eigenvalue weighted by molar-refractivity contribution is 0.800. The van der Waals surface area contributed by atoms with E-state index in [1.54, 1.807) is 24.9 Å². The van der Waals surface area contributed by atoms with Crippen molar-refractivity contribution < 1.29 is 0 Å². The number of para-hydroxylation sites is 1. The Hall–Kier alpha value is -2.23. The monoisotopic (exact) mass is 210 g/mol. The van der Waals surface area contributed by atoms with Gasteiger partial charge < -0.3 is 4.57 Å². The average molecular weight is 210 g/mol. The molecule has 3 aromatic rings. The Bertz CT molecular complexity index is 596. The van der Waals surface area contributed by atoms with Gasteiger partial charge in [0.15, 0.2) is 0 Å². The van der Waals surface area contributed by atoms with E-state index in [0.29, 0.717) is 0 Å². The van der Waals surface area contributed by atoms with E-state index in [1.807, 2.05) is 22.9 Å². The van der Waals surface area contributed by atoms with E-state index in [4.69, 9.17) is 0 Å². The summed E-state index contributed by atoms with van der Waals surface area (Å²) in [4.78, 5) is 12.7. The van der Waals surface area contributed by atoms with Crippen LogP contribution in [0, 0.1) is 0 Å². The maximum Gasteiger partial charge on any atom is 0.0949 e. The van der Waals surface area contributed by atoms with Crippen molar-refractivity contribution >= 4 is 11.0 Å². The molecule has 2 aromatic heterocycles. The minimum atomic E-state index is 0.774. The molecule has 0 radical (unpaired) electrons. The molecule has 78 valence electrons. The van der Waals surface area contributed by atoms with Crippen molar-refractivity contribution in [3.05, 3.63) is 54.9 Å². The highest BCUT2D eigenvalue weighted by Gasteiger charge is 2.02. The molecule has 1 aromatic carbocycles. The van der Waals surface area contributed by atoms with Crippen molar-refractivity contribution in [2.75, 3.05) is 0 Å². The molecule has 0 aliphatic heterocycles. The number of hydrogen-bond donors (Lipinski definition) is 0. The number of nitrogens with zero attached hydrogens (tertiary/aromatic N) is 4. The third-order valence-corrected chi connectivity index (χ3v) is 2.49. The molecule has 0 atom stereocenters. The lowest BCUT2D eigenvalue weighted by Gasteiger charge is -2.05. The van der Waals surface area contributed by atoms with Gasteiger partial charge in [-0.15, -0.1) is 0 Å². The fourth-order valence-electron chi connectivity index (χ4n) is 1.76. The molecule has 2 heterocycles. The summed E-state index contributed by atoms with van der Waals surface area (Å²) in [6.45, 7) is 0.774. The minimum absolute atomic E-state index is 0.774. The number of imidazole rings is 1. The summed E-state index contributed by atoms with van der Waals surface area (Å²) in [6.07, 6.45) is 8.95. The van der Waals surface area contributed by atoms with Gasteiger partial charge in [-0.05, 0) is 11.6 Å². The van der Waals surface area contributed by atoms with Gasteiger partial charge in [0.1, 0.15) is 0 Å². The van der Waals surface area contributed by atoms with E-state index in [9.17, 15) is 0 Å². The van der Waals surface area contributed by atoms with Crippen molar-refractivity contribution in [3.8, 4) is 0 Å². The topological polar surface area (TPSA) is 43.6 Å². The molecule has 0 spiro atoms. The molecule has 4 nitrogen and oxygen atoms in total. The standard InChI is InChI=1S/C12H10N4/c1-2-10(8-16-7-6-13-9-16)12-11(3-1)14-4-5-15-12/h1-7,9H,8H2. The molecule has 0 bridgehead atoms. The third-order valence-electron chi connectivity index (χ3n) is 2.49. The van der Waals surface area contributed by atoms with Crippen LogP contribution in [0.4, 0.5) is 0 Å². The van der Waals surface area contributed by atoms with Gasteiger partial charge in [0, 0.05) is 24.8 Å². The molecule has 0 saturated carbocycles. The van der Waals surface area contributed by atoms with Gasteiger partial charge in [0.25, 0.3) is 0 Å². The van der Waals surface area contributed by atoms with Gasteiger partial charge in [0.2, 0.25) is 0 Å². The second-order valence-corrected chi connectivity index (χ2v) is 3.58. The quantitative estimate of drug-likeness (QED) is 0.648. The van der Waals surface area contributed by atoms with Crippen molar-refractivity contribution in [1.82, 2.24) is 19.5 Å². The van der Waals surface area contributed by atoms with Crippen LogP contribution in [-0.2, 0) is 6.54 Å². The Morgan fingerprint density at radius 1 is 1.06 bits per heavy atom. The van der Waals surface area contributed by atoms with Gasteiger partial charge in [-0.2, -0.15) is 0 Å². The maximum absolute atomic E-state index is 4.37. The van der Waals surface area contributed by atoms with Crippen LogP contribution in [0.5, 0.6) is 0 Å². The van der Waals surface area contributed by atoms with Crippen LogP contribution in [0.15, 0.2) is 49.3 Å². The van der Waals surface area contributed by atoms with Crippen LogP contribution < -0.4 is 0 Å². The van der Waals surface area contributed by atoms with Crippen LogP contribution >= 0.6 is 0 Å². The molecule has 0 N–H and O–H groups in total. The summed E-state index contributed by atoms with van der Waals surface area (Å²) in [5, 5.41) is 0. The summed E-state index contributed by atoms with van der Waals surface area (Å²) in [6, 6.07) is 6.04. The first-order valence-corrected chi connectivity index (χ1v) is 5.08. The molecule has 16 heavy (non-hydrogen) atoms. The van der Waals surface area contributed by atoms with Gasteiger partial charge in [-0.1, -0.05) is 12.1 Å². The van der Waals surface area contributed by atoms with Crippen molar-refractivity contribution in [2.24, 2.45) is 0 Å². The van der Waals surface area contributed by atoms with Crippen LogP contribution in [-0.4, -0.2) is 19.5 Å². The van der Waals surface area contributed by atoms with E-state index >= 15 is 0 Å². The Kier molecular flexibility index (Phi) is 2.11. The predicted octanol–water partition coefficient (Wildman–Crippen LogP) is 1.87. The van der Waals surface area contributed by atoms with Crippen LogP contribution in [0.2, 0.25) is 0 Å². The van der Waals surface area contributed by atoms with Crippen LogP contribution in [0.25, 0.3) is 11.0 Å². The average Bonchev–Trinajstić information content (AvgIpc) is 2.82. The Morgan fingerprint density at radius 2 is 2.00 bits per heavy atom. The summed E-state index contributed by atoms with van der Waals surface area (Å²) in [5.74, 6) is 0. The Labute approximate surface area is 92.6 Å². The normalized spacial score (nSPS) is 10.8. The van der Waals surface area contributed by atoms with E-state index in [1.165, 1.54) is 0 Å². The first-order valence-electron chi connectivity index (χ1n) is 5.08. The zero-order valence-corrected chi connectivity index (χ0v) is 8.61. The molecular formula is C12H10N4. The van der Waals surface area contributed by atoms with Crippen molar-refractivity contribution in [2.45, 2.75) is 6.54 Å². The lowest BCUT2D eigenvalue weighted by atomic mass is 10.2. The zero-order chi connectivity index (χ0) is 10.8. The predicted molar refractivity (Wildman–Crippen MR) is 60.9 cm³/mol. The number of aromatic nitrogens is 4. The highest BCUT2D eigenvalue weighted by Crippen LogP contribution is 2.14. The van der Waals surface area contributed by atoms with E-state index in [2.05, 4.69) is 21.0 Å². The molecule has 0 aliphatic rings. The van der Waals surface area contributed by atoms with Crippen LogP contribution in [0.3, 0.4) is 0 Å². The number of benzene rings is 1. The first kappa shape index (κ1) is 9.03. The molecule has 0 saturated heterocycles. The third kappa shape index (κ3) is 1.54. The second-order valence-electron chi connectivity index (χ2n) is 3.58. The van der Waals surface area contributed by atoms with Crippen molar-refractivity contribution in [3.63, 3.8) is 0 Å². The highest BCUT2D eigenvalue weighted by molar-refractivity contribution is 5.77. The number of fused-ring (bicyclic) bond motifs is 1. The van der Waals surface area contributed by atoms with E-state index in [0.717, 1.165) is 23.1 Å². The molecular weight excluding hydrogens is 200 g/mol. The van der Waals surface area contributed by atoms with Gasteiger partial charge in [0.05, 0.1) is 23.9 Å². The molecule has 0 unspecified atom stereocenters. The fraction of sp³-hybridized carbons (Fsp3) is 0.0833. The smallest absolute Gasteiger partial charge is 0.0949 e. The lowest BCUT2D eigenvalue weighted by Crippen LogP contribution is -1.98. The molecule has 3 rings (SSSR count). The van der Waals surface area contributed by atoms with E-state index < -0.39 is 0 Å². The van der Waals surface area contributed by atoms with Gasteiger partial charge in [-0.25, -0.2) is 4.98 Å². The second kappa shape index (κ2) is 3.73. The molecule has 4 heteroatoms. The van der Waals surface area contributed by atoms with E-state index in [-0.39, 0.29) is 0 Å². The molecule has 0 amide bonds. The van der Waals surface area contributed by atoms with Gasteiger partial charge >= 0.3 is 0 Å². The largest absolute Gasteiger partial charge is 0.333 e. The highest BCUT2D eigenvalue weighted by atomic mass is 15.0. The maximum atomic E-state index is 4.37. The Balaban J connectivity index is 2.10.